The average molecular weight is 604 g/mol. The van der Waals surface area contributed by atoms with E-state index in [1.165, 1.54) is 33.4 Å². The summed E-state index contributed by atoms with van der Waals surface area (Å²) in [6.07, 6.45) is 27.2. The number of hydrogen-bond acceptors (Lipinski definition) is 0. The predicted molar refractivity (Wildman–Crippen MR) is 178 cm³/mol. The minimum Gasteiger partial charge on any atom is -0.233 e. The first-order valence-corrected chi connectivity index (χ1v) is 17.5. The van der Waals surface area contributed by atoms with Crippen LogP contribution in [0.3, 0.4) is 0 Å². The lowest BCUT2D eigenvalue weighted by atomic mass is 9.83. The van der Waals surface area contributed by atoms with Crippen molar-refractivity contribution in [3.05, 3.63) is 123 Å². The Labute approximate surface area is 269 Å². The van der Waals surface area contributed by atoms with Crippen molar-refractivity contribution in [3.8, 4) is 0 Å². The Kier molecular flexibility index (Phi) is 8.01. The molecule has 3 aromatic heterocycles. The summed E-state index contributed by atoms with van der Waals surface area (Å²) in [5, 5.41) is 0. The van der Waals surface area contributed by atoms with Gasteiger partial charge in [0.1, 0.15) is 76.4 Å². The maximum atomic E-state index is 2.44. The average Bonchev–Trinajstić information content (AvgIpc) is 3.79. The Hall–Kier alpha value is -3.93. The van der Waals surface area contributed by atoms with Crippen molar-refractivity contribution in [2.24, 2.45) is 0 Å². The molecule has 0 fully saturated rings. The lowest BCUT2D eigenvalue weighted by Gasteiger charge is -2.25. The lowest BCUT2D eigenvalue weighted by molar-refractivity contribution is -0.690. The highest BCUT2D eigenvalue weighted by molar-refractivity contribution is 5.54. The Morgan fingerprint density at radius 2 is 0.644 bits per heavy atom. The van der Waals surface area contributed by atoms with E-state index >= 15 is 0 Å². The van der Waals surface area contributed by atoms with Crippen LogP contribution in [0.25, 0.3) is 0 Å². The Balaban J connectivity index is 1.62. The van der Waals surface area contributed by atoms with Gasteiger partial charge in [-0.15, -0.1) is 0 Å². The summed E-state index contributed by atoms with van der Waals surface area (Å²) < 4.78 is 14.7. The van der Waals surface area contributed by atoms with Crippen LogP contribution in [0.5, 0.6) is 0 Å². The SMILES string of the molecule is CCc1c2c(CC)c3c(CC)c1Cn1cc[n+](c1)Cc1c(CC)c(c(CC)c(c1CC)C[n+]1ccn(c1)C3)C[n+]1ccn(c1)C2. The molecule has 45 heavy (non-hydrogen) atoms. The molecule has 0 radical (unpaired) electrons. The van der Waals surface area contributed by atoms with Crippen LogP contribution in [0.2, 0.25) is 0 Å². The summed E-state index contributed by atoms with van der Waals surface area (Å²) in [6, 6.07) is 0. The largest absolute Gasteiger partial charge is 0.244 e. The molecule has 0 unspecified atom stereocenters. The fourth-order valence-corrected chi connectivity index (χ4v) is 8.86. The molecule has 0 saturated carbocycles. The Morgan fingerprint density at radius 3 is 0.889 bits per heavy atom. The molecule has 3 aliphatic rings. The summed E-state index contributed by atoms with van der Waals surface area (Å²) in [4.78, 5) is 0. The van der Waals surface area contributed by atoms with Gasteiger partial charge in [0.15, 0.2) is 0 Å². The minimum absolute atomic E-state index is 0.910. The van der Waals surface area contributed by atoms with Gasteiger partial charge in [-0.05, 0) is 71.9 Å². The maximum absolute atomic E-state index is 2.44. The molecule has 6 heterocycles. The third kappa shape index (κ3) is 5.07. The van der Waals surface area contributed by atoms with E-state index in [1.54, 1.807) is 33.4 Å². The van der Waals surface area contributed by atoms with Crippen LogP contribution in [0.4, 0.5) is 0 Å². The zero-order valence-corrected chi connectivity index (χ0v) is 28.4. The first kappa shape index (κ1) is 29.8. The second kappa shape index (κ2) is 12.1. The molecule has 3 aliphatic heterocycles. The van der Waals surface area contributed by atoms with E-state index in [0.29, 0.717) is 0 Å². The van der Waals surface area contributed by atoms with E-state index in [9.17, 15) is 0 Å². The zero-order chi connectivity index (χ0) is 31.2. The fraction of sp³-hybridized carbons (Fsp3) is 0.462. The normalized spacial score (nSPS) is 14.0. The van der Waals surface area contributed by atoms with Gasteiger partial charge in [0.25, 0.3) is 0 Å². The van der Waals surface area contributed by atoms with Crippen LogP contribution in [0.1, 0.15) is 108 Å². The summed E-state index contributed by atoms with van der Waals surface area (Å²) in [7, 11) is 0. The van der Waals surface area contributed by atoms with Crippen molar-refractivity contribution < 1.29 is 13.7 Å². The van der Waals surface area contributed by atoms with Gasteiger partial charge in [-0.1, -0.05) is 41.5 Å². The van der Waals surface area contributed by atoms with E-state index in [1.807, 2.05) is 0 Å². The first-order chi connectivity index (χ1) is 22.0. The lowest BCUT2D eigenvalue weighted by Crippen LogP contribution is -2.38. The molecule has 0 atom stereocenters. The van der Waals surface area contributed by atoms with Crippen LogP contribution >= 0.6 is 0 Å². The molecular formula is C39H51N6+3. The van der Waals surface area contributed by atoms with Crippen LogP contribution in [-0.4, -0.2) is 13.7 Å². The molecule has 0 aliphatic carbocycles. The molecule has 6 nitrogen and oxygen atoms in total. The van der Waals surface area contributed by atoms with E-state index in [-0.39, 0.29) is 0 Å². The van der Waals surface area contributed by atoms with Gasteiger partial charge in [-0.25, -0.2) is 27.4 Å². The van der Waals surface area contributed by atoms with Gasteiger partial charge in [-0.2, -0.15) is 0 Å². The summed E-state index contributed by atoms with van der Waals surface area (Å²) in [5.41, 5.74) is 18.5. The van der Waals surface area contributed by atoms with Crippen LogP contribution in [0, 0.1) is 0 Å². The van der Waals surface area contributed by atoms with E-state index < -0.39 is 0 Å². The first-order valence-electron chi connectivity index (χ1n) is 17.5. The number of rotatable bonds is 6. The third-order valence-corrected chi connectivity index (χ3v) is 10.8. The Morgan fingerprint density at radius 1 is 0.400 bits per heavy atom. The van der Waals surface area contributed by atoms with Crippen molar-refractivity contribution in [3.63, 3.8) is 0 Å². The number of nitrogens with zero attached hydrogens (tertiary/aromatic N) is 6. The van der Waals surface area contributed by atoms with Crippen molar-refractivity contribution in [2.45, 2.75) is 119 Å². The van der Waals surface area contributed by atoms with Crippen LogP contribution in [-0.2, 0) is 77.8 Å². The van der Waals surface area contributed by atoms with Crippen LogP contribution < -0.4 is 13.7 Å². The van der Waals surface area contributed by atoms with Crippen molar-refractivity contribution in [1.29, 1.82) is 0 Å². The minimum atomic E-state index is 0.910. The number of aromatic nitrogens is 6. The van der Waals surface area contributed by atoms with E-state index in [2.05, 4.69) is 125 Å². The second-order valence-electron chi connectivity index (χ2n) is 13.1. The number of imidazole rings is 3. The molecule has 5 aromatic rings. The number of hydrogen-bond donors (Lipinski definition) is 0. The van der Waals surface area contributed by atoms with Crippen LogP contribution in [0.15, 0.2) is 56.2 Å². The smallest absolute Gasteiger partial charge is 0.233 e. The molecule has 234 valence electrons. The van der Waals surface area contributed by atoms with Gasteiger partial charge < -0.3 is 0 Å². The van der Waals surface area contributed by atoms with E-state index in [4.69, 9.17) is 0 Å². The summed E-state index contributed by atoms with van der Waals surface area (Å²) in [6.45, 7) is 19.6. The van der Waals surface area contributed by atoms with Crippen molar-refractivity contribution in [2.75, 3.05) is 0 Å². The molecule has 2 aromatic carbocycles. The molecular weight excluding hydrogens is 552 g/mol. The van der Waals surface area contributed by atoms with E-state index in [0.717, 1.165) is 77.8 Å². The zero-order valence-electron chi connectivity index (χ0n) is 28.4. The summed E-state index contributed by atoms with van der Waals surface area (Å²) in [5.74, 6) is 0. The highest BCUT2D eigenvalue weighted by Gasteiger charge is 2.29. The third-order valence-electron chi connectivity index (χ3n) is 10.8. The van der Waals surface area contributed by atoms with Gasteiger partial charge in [-0.3, -0.25) is 0 Å². The highest BCUT2D eigenvalue weighted by atomic mass is 15.1. The Bertz CT molecular complexity index is 1490. The fourth-order valence-electron chi connectivity index (χ4n) is 8.86. The topological polar surface area (TPSA) is 26.4 Å². The van der Waals surface area contributed by atoms with Crippen molar-refractivity contribution >= 4 is 0 Å². The van der Waals surface area contributed by atoms with Gasteiger partial charge in [0, 0.05) is 33.4 Å². The maximum Gasteiger partial charge on any atom is 0.244 e. The number of benzene rings is 2. The highest BCUT2D eigenvalue weighted by Crippen LogP contribution is 2.34. The molecule has 0 spiro atoms. The molecule has 8 rings (SSSR count). The second-order valence-corrected chi connectivity index (χ2v) is 13.1. The molecule has 0 saturated heterocycles. The predicted octanol–water partition coefficient (Wildman–Crippen LogP) is 5.24. The molecule has 0 amide bonds. The molecule has 0 N–H and O–H groups in total. The summed E-state index contributed by atoms with van der Waals surface area (Å²) >= 11 is 0. The van der Waals surface area contributed by atoms with Gasteiger partial charge in [0.05, 0.1) is 0 Å². The van der Waals surface area contributed by atoms with Gasteiger partial charge in [0.2, 0.25) is 19.0 Å². The van der Waals surface area contributed by atoms with Crippen molar-refractivity contribution in [1.82, 2.24) is 13.7 Å². The van der Waals surface area contributed by atoms with Gasteiger partial charge >= 0.3 is 0 Å². The monoisotopic (exact) mass is 603 g/mol. The molecule has 6 heteroatoms. The standard InChI is InChI=1S/C39H51N6/c1-7-28-34-19-40-13-15-43(25-40)22-37-31(10-4)38-23-44-16-14-41(26-44)20-35(28)30(9-3)36(29(34)8-2)21-42-17-18-45(27-42)24-39(32(37)11-5)33(38)12-6/h13-18,25-27H,7-12,19-24H2,1-6H3/q+3. The quantitative estimate of drug-likeness (QED) is 0.233. The molecule has 12 bridgehead atoms.